The van der Waals surface area contributed by atoms with Crippen molar-refractivity contribution in [3.05, 3.63) is 48.5 Å². The number of rotatable bonds is 3. The number of anilines is 2. The lowest BCUT2D eigenvalue weighted by atomic mass is 10.3. The molecule has 0 unspecified atom stereocenters. The Bertz CT molecular complexity index is 483. The summed E-state index contributed by atoms with van der Waals surface area (Å²) in [4.78, 5) is 0. The van der Waals surface area contributed by atoms with E-state index >= 15 is 0 Å². The normalized spacial score (nSPS) is 9.81. The predicted octanol–water partition coefficient (Wildman–Crippen LogP) is 3.10. The van der Waals surface area contributed by atoms with Crippen molar-refractivity contribution in [1.29, 1.82) is 0 Å². The van der Waals surface area contributed by atoms with Crippen LogP contribution in [-0.2, 0) is 0 Å². The maximum Gasteiger partial charge on any atom is 0.150 e. The number of nitrogens with two attached hydrogens (primary N) is 1. The van der Waals surface area contributed by atoms with Gasteiger partial charge in [-0.05, 0) is 24.3 Å². The molecule has 16 heavy (non-hydrogen) atoms. The number of hydrogen-bond donors (Lipinski definition) is 2. The van der Waals surface area contributed by atoms with Gasteiger partial charge in [-0.1, -0.05) is 18.2 Å². The summed E-state index contributed by atoms with van der Waals surface area (Å²) >= 11 is 0. The molecule has 3 heteroatoms. The lowest BCUT2D eigenvalue weighted by Gasteiger charge is -2.10. The second-order valence-electron chi connectivity index (χ2n) is 3.42. The second-order valence-corrected chi connectivity index (χ2v) is 3.42. The highest BCUT2D eigenvalue weighted by Gasteiger charge is 2.02. The lowest BCUT2D eigenvalue weighted by molar-refractivity contribution is 0.485. The number of hydrogen-bond acceptors (Lipinski definition) is 3. The van der Waals surface area contributed by atoms with Gasteiger partial charge in [0, 0.05) is 18.8 Å². The molecule has 3 N–H and O–H groups in total. The van der Waals surface area contributed by atoms with Gasteiger partial charge in [-0.2, -0.15) is 0 Å². The highest BCUT2D eigenvalue weighted by atomic mass is 16.5. The zero-order valence-corrected chi connectivity index (χ0v) is 9.10. The first-order chi connectivity index (χ1) is 7.79. The molecule has 2 rings (SSSR count). The van der Waals surface area contributed by atoms with Crippen LogP contribution in [0.4, 0.5) is 11.4 Å². The molecule has 0 aromatic heterocycles. The SMILES string of the molecule is CNc1ccccc1Oc1cccc(N)c1. The Kier molecular flexibility index (Phi) is 2.96. The summed E-state index contributed by atoms with van der Waals surface area (Å²) in [6, 6.07) is 15.1. The van der Waals surface area contributed by atoms with E-state index in [9.17, 15) is 0 Å². The molecule has 0 bridgehead atoms. The van der Waals surface area contributed by atoms with Crippen molar-refractivity contribution in [2.24, 2.45) is 0 Å². The van der Waals surface area contributed by atoms with E-state index in [0.29, 0.717) is 5.69 Å². The third kappa shape index (κ3) is 2.25. The van der Waals surface area contributed by atoms with Crippen LogP contribution in [0.15, 0.2) is 48.5 Å². The summed E-state index contributed by atoms with van der Waals surface area (Å²) in [5.41, 5.74) is 7.33. The average molecular weight is 214 g/mol. The zero-order chi connectivity index (χ0) is 11.4. The van der Waals surface area contributed by atoms with E-state index in [1.54, 1.807) is 6.07 Å². The molecule has 0 aliphatic heterocycles. The summed E-state index contributed by atoms with van der Waals surface area (Å²) in [5.74, 6) is 1.53. The molecule has 0 aliphatic carbocycles. The Balaban J connectivity index is 2.26. The first-order valence-corrected chi connectivity index (χ1v) is 5.10. The van der Waals surface area contributed by atoms with Gasteiger partial charge in [-0.25, -0.2) is 0 Å². The smallest absolute Gasteiger partial charge is 0.150 e. The van der Waals surface area contributed by atoms with Gasteiger partial charge in [0.05, 0.1) is 5.69 Å². The number of nitrogens with one attached hydrogen (secondary N) is 1. The van der Waals surface area contributed by atoms with E-state index in [1.165, 1.54) is 0 Å². The molecule has 2 aromatic rings. The molecule has 0 heterocycles. The van der Waals surface area contributed by atoms with Gasteiger partial charge in [-0.3, -0.25) is 0 Å². The van der Waals surface area contributed by atoms with Crippen molar-refractivity contribution in [3.63, 3.8) is 0 Å². The quantitative estimate of drug-likeness (QED) is 0.772. The van der Waals surface area contributed by atoms with Crippen molar-refractivity contribution in [1.82, 2.24) is 0 Å². The van der Waals surface area contributed by atoms with Crippen LogP contribution in [0.5, 0.6) is 11.5 Å². The minimum Gasteiger partial charge on any atom is -0.455 e. The highest BCUT2D eigenvalue weighted by molar-refractivity contribution is 5.57. The molecular weight excluding hydrogens is 200 g/mol. The molecule has 0 radical (unpaired) electrons. The minimum absolute atomic E-state index is 0.694. The van der Waals surface area contributed by atoms with E-state index in [2.05, 4.69) is 5.32 Å². The first-order valence-electron chi connectivity index (χ1n) is 5.10. The molecule has 0 fully saturated rings. The van der Waals surface area contributed by atoms with Crippen LogP contribution < -0.4 is 15.8 Å². The molecule has 82 valence electrons. The Morgan fingerprint density at radius 2 is 1.88 bits per heavy atom. The molecule has 2 aromatic carbocycles. The minimum atomic E-state index is 0.694. The van der Waals surface area contributed by atoms with Gasteiger partial charge in [0.15, 0.2) is 0 Å². The van der Waals surface area contributed by atoms with Crippen LogP contribution in [0.2, 0.25) is 0 Å². The van der Waals surface area contributed by atoms with E-state index in [-0.39, 0.29) is 0 Å². The summed E-state index contributed by atoms with van der Waals surface area (Å²) < 4.78 is 5.74. The van der Waals surface area contributed by atoms with Crippen LogP contribution in [0, 0.1) is 0 Å². The third-order valence-corrected chi connectivity index (χ3v) is 2.24. The van der Waals surface area contributed by atoms with Gasteiger partial charge in [0.2, 0.25) is 0 Å². The Labute approximate surface area is 94.9 Å². The van der Waals surface area contributed by atoms with Crippen LogP contribution in [-0.4, -0.2) is 7.05 Å². The maximum atomic E-state index is 5.74. The largest absolute Gasteiger partial charge is 0.455 e. The number of para-hydroxylation sites is 2. The predicted molar refractivity (Wildman–Crippen MR) is 66.9 cm³/mol. The van der Waals surface area contributed by atoms with E-state index in [1.807, 2.05) is 49.5 Å². The fraction of sp³-hybridized carbons (Fsp3) is 0.0769. The average Bonchev–Trinajstić information content (AvgIpc) is 2.30. The van der Waals surface area contributed by atoms with Crippen LogP contribution in [0.1, 0.15) is 0 Å². The van der Waals surface area contributed by atoms with E-state index < -0.39 is 0 Å². The number of nitrogen functional groups attached to an aromatic ring is 1. The van der Waals surface area contributed by atoms with Gasteiger partial charge >= 0.3 is 0 Å². The van der Waals surface area contributed by atoms with Crippen LogP contribution in [0.3, 0.4) is 0 Å². The molecule has 0 spiro atoms. The molecule has 0 aliphatic rings. The van der Waals surface area contributed by atoms with Crippen LogP contribution in [0.25, 0.3) is 0 Å². The fourth-order valence-electron chi connectivity index (χ4n) is 1.47. The molecule has 0 amide bonds. The van der Waals surface area contributed by atoms with Crippen molar-refractivity contribution in [2.75, 3.05) is 18.1 Å². The second kappa shape index (κ2) is 4.57. The van der Waals surface area contributed by atoms with Gasteiger partial charge in [0.1, 0.15) is 11.5 Å². The highest BCUT2D eigenvalue weighted by Crippen LogP contribution is 2.29. The lowest BCUT2D eigenvalue weighted by Crippen LogP contribution is -1.93. The fourth-order valence-corrected chi connectivity index (χ4v) is 1.47. The Morgan fingerprint density at radius 1 is 1.06 bits per heavy atom. The van der Waals surface area contributed by atoms with Crippen LogP contribution >= 0.6 is 0 Å². The summed E-state index contributed by atoms with van der Waals surface area (Å²) in [7, 11) is 1.86. The third-order valence-electron chi connectivity index (χ3n) is 2.24. The molecule has 3 nitrogen and oxygen atoms in total. The summed E-state index contributed by atoms with van der Waals surface area (Å²) in [6.07, 6.45) is 0. The van der Waals surface area contributed by atoms with E-state index in [4.69, 9.17) is 10.5 Å². The summed E-state index contributed by atoms with van der Waals surface area (Å²) in [6.45, 7) is 0. The number of ether oxygens (including phenoxy) is 1. The Morgan fingerprint density at radius 3 is 2.62 bits per heavy atom. The maximum absolute atomic E-state index is 5.74. The number of benzene rings is 2. The van der Waals surface area contributed by atoms with Crippen molar-refractivity contribution < 1.29 is 4.74 Å². The topological polar surface area (TPSA) is 47.3 Å². The van der Waals surface area contributed by atoms with Crippen molar-refractivity contribution >= 4 is 11.4 Å². The van der Waals surface area contributed by atoms with E-state index in [0.717, 1.165) is 17.2 Å². The first kappa shape index (κ1) is 10.4. The Hall–Kier alpha value is -2.16. The van der Waals surface area contributed by atoms with Gasteiger partial charge in [0.25, 0.3) is 0 Å². The molecular formula is C13H14N2O. The zero-order valence-electron chi connectivity index (χ0n) is 9.10. The standard InChI is InChI=1S/C13H14N2O/c1-15-12-7-2-3-8-13(12)16-11-6-4-5-10(14)9-11/h2-9,15H,14H2,1H3. The van der Waals surface area contributed by atoms with Crippen molar-refractivity contribution in [3.8, 4) is 11.5 Å². The molecule has 0 atom stereocenters. The monoisotopic (exact) mass is 214 g/mol. The summed E-state index contributed by atoms with van der Waals surface area (Å²) in [5, 5.41) is 3.07. The molecule has 0 saturated carbocycles. The van der Waals surface area contributed by atoms with Crippen molar-refractivity contribution in [2.45, 2.75) is 0 Å². The van der Waals surface area contributed by atoms with Gasteiger partial charge in [-0.15, -0.1) is 0 Å². The molecule has 0 saturated heterocycles. The van der Waals surface area contributed by atoms with Gasteiger partial charge < -0.3 is 15.8 Å².